The molecule has 0 spiro atoms. The van der Waals surface area contributed by atoms with E-state index in [1.54, 1.807) is 11.6 Å². The normalized spacial score (nSPS) is 12.5. The average molecular weight is 336 g/mol. The van der Waals surface area contributed by atoms with Crippen molar-refractivity contribution in [3.63, 3.8) is 0 Å². The first-order valence-electron chi connectivity index (χ1n) is 8.28. The third-order valence-corrected chi connectivity index (χ3v) is 4.03. The summed E-state index contributed by atoms with van der Waals surface area (Å²) in [6, 6.07) is 17.3. The molecule has 2 heterocycles. The molecule has 0 saturated carbocycles. The van der Waals surface area contributed by atoms with Gasteiger partial charge in [-0.05, 0) is 36.2 Å². The Morgan fingerprint density at radius 3 is 2.76 bits per heavy atom. The number of ether oxygens (including phenoxy) is 2. The van der Waals surface area contributed by atoms with Gasteiger partial charge in [-0.3, -0.25) is 0 Å². The number of carbonyl (C=O) groups excluding carboxylic acids is 1. The fourth-order valence-corrected chi connectivity index (χ4v) is 2.97. The van der Waals surface area contributed by atoms with Gasteiger partial charge in [0.25, 0.3) is 5.82 Å². The van der Waals surface area contributed by atoms with Crippen LogP contribution in [0.3, 0.4) is 0 Å². The van der Waals surface area contributed by atoms with Gasteiger partial charge >= 0.3 is 11.9 Å². The van der Waals surface area contributed by atoms with E-state index < -0.39 is 6.09 Å². The van der Waals surface area contributed by atoms with Crippen molar-refractivity contribution in [3.8, 4) is 22.8 Å². The minimum Gasteiger partial charge on any atom is -0.488 e. The van der Waals surface area contributed by atoms with Gasteiger partial charge in [-0.1, -0.05) is 35.0 Å². The van der Waals surface area contributed by atoms with Crippen molar-refractivity contribution in [2.75, 3.05) is 13.2 Å². The van der Waals surface area contributed by atoms with Crippen LogP contribution in [-0.4, -0.2) is 29.0 Å². The molecule has 0 radical (unpaired) electrons. The molecule has 1 aliphatic heterocycles. The predicted molar refractivity (Wildman–Crippen MR) is 90.8 cm³/mol. The van der Waals surface area contributed by atoms with Gasteiger partial charge in [0, 0.05) is 5.56 Å². The Balaban J connectivity index is 2.00. The van der Waals surface area contributed by atoms with Crippen LogP contribution in [0.25, 0.3) is 17.1 Å². The molecule has 6 heteroatoms. The smallest absolute Gasteiger partial charge is 0.454 e. The monoisotopic (exact) mass is 336 g/mol. The number of para-hydroxylation sites is 2. The zero-order valence-electron chi connectivity index (χ0n) is 13.9. The average Bonchev–Trinajstić information content (AvgIpc) is 2.93. The summed E-state index contributed by atoms with van der Waals surface area (Å²) in [5, 5.41) is 0. The lowest BCUT2D eigenvalue weighted by atomic mass is 10.2. The van der Waals surface area contributed by atoms with Crippen LogP contribution in [-0.2, 0) is 11.2 Å². The van der Waals surface area contributed by atoms with Gasteiger partial charge in [-0.2, -0.15) is 0 Å². The largest absolute Gasteiger partial charge is 0.488 e. The summed E-state index contributed by atoms with van der Waals surface area (Å²) in [6.07, 6.45) is 0.137. The number of rotatable bonds is 2. The molecule has 25 heavy (non-hydrogen) atoms. The molecular formula is C19H18N3O3+. The van der Waals surface area contributed by atoms with E-state index in [4.69, 9.17) is 14.5 Å². The summed E-state index contributed by atoms with van der Waals surface area (Å²) in [5.41, 5.74) is 1.63. The summed E-state index contributed by atoms with van der Waals surface area (Å²) in [5.74, 6) is 2.04. The van der Waals surface area contributed by atoms with Crippen LogP contribution in [0, 0.1) is 0 Å². The van der Waals surface area contributed by atoms with Gasteiger partial charge in [0.2, 0.25) is 0 Å². The maximum absolute atomic E-state index is 12.7. The maximum Gasteiger partial charge on any atom is 0.454 e. The third kappa shape index (κ3) is 2.65. The molecule has 0 amide bonds. The molecule has 6 nitrogen and oxygen atoms in total. The molecule has 3 aromatic rings. The van der Waals surface area contributed by atoms with E-state index in [0.717, 1.165) is 22.8 Å². The van der Waals surface area contributed by atoms with Crippen molar-refractivity contribution in [1.29, 1.82) is 0 Å². The number of benzene rings is 2. The Bertz CT molecular complexity index is 919. The Labute approximate surface area is 145 Å². The van der Waals surface area contributed by atoms with Gasteiger partial charge in [0.05, 0.1) is 13.0 Å². The van der Waals surface area contributed by atoms with Crippen LogP contribution in [0.4, 0.5) is 4.79 Å². The number of nitrogens with zero attached hydrogens (tertiary/aromatic N) is 3. The molecule has 126 valence electrons. The van der Waals surface area contributed by atoms with E-state index in [2.05, 4.69) is 0 Å². The Hall–Kier alpha value is -3.15. The second kappa shape index (κ2) is 6.39. The van der Waals surface area contributed by atoms with Crippen LogP contribution in [0.2, 0.25) is 0 Å². The molecule has 0 unspecified atom stereocenters. The number of carbonyl (C=O) groups is 1. The summed E-state index contributed by atoms with van der Waals surface area (Å²) in [4.78, 5) is 17.5. The summed E-state index contributed by atoms with van der Waals surface area (Å²) < 4.78 is 14.4. The van der Waals surface area contributed by atoms with Crippen molar-refractivity contribution in [3.05, 3.63) is 60.4 Å². The standard InChI is InChI=1S/C19H18N3O3/c1-2-24-19(23)22-18(14-8-4-3-5-9-14)20-17-12-13-25-16-11-7-6-10-15(16)21(17)22/h3-11H,2,12-13H2,1H3/q+1. The van der Waals surface area contributed by atoms with E-state index in [1.165, 1.54) is 4.68 Å². The number of hydrogen-bond donors (Lipinski definition) is 0. The minimum atomic E-state index is -0.461. The van der Waals surface area contributed by atoms with Crippen molar-refractivity contribution in [2.24, 2.45) is 0 Å². The highest BCUT2D eigenvalue weighted by Gasteiger charge is 2.35. The van der Waals surface area contributed by atoms with Crippen LogP contribution >= 0.6 is 0 Å². The third-order valence-electron chi connectivity index (χ3n) is 4.03. The van der Waals surface area contributed by atoms with E-state index in [-0.39, 0.29) is 0 Å². The molecule has 2 aromatic carbocycles. The lowest BCUT2D eigenvalue weighted by molar-refractivity contribution is -0.680. The van der Waals surface area contributed by atoms with Gasteiger partial charge in [0.15, 0.2) is 11.4 Å². The molecule has 0 aliphatic carbocycles. The fourth-order valence-electron chi connectivity index (χ4n) is 2.97. The quantitative estimate of drug-likeness (QED) is 0.675. The number of hydrogen-bond acceptors (Lipinski definition) is 4. The summed E-state index contributed by atoms with van der Waals surface area (Å²) in [6.45, 7) is 2.58. The van der Waals surface area contributed by atoms with Crippen molar-refractivity contribution < 1.29 is 19.0 Å². The van der Waals surface area contributed by atoms with Crippen molar-refractivity contribution in [2.45, 2.75) is 13.3 Å². The van der Waals surface area contributed by atoms with Crippen molar-refractivity contribution >= 4 is 6.09 Å². The first-order valence-corrected chi connectivity index (χ1v) is 8.28. The van der Waals surface area contributed by atoms with E-state index in [0.29, 0.717) is 25.5 Å². The molecule has 1 aliphatic rings. The zero-order chi connectivity index (χ0) is 17.2. The Kier molecular flexibility index (Phi) is 3.93. The first-order chi connectivity index (χ1) is 12.3. The summed E-state index contributed by atoms with van der Waals surface area (Å²) >= 11 is 0. The molecule has 0 saturated heterocycles. The molecule has 4 rings (SSSR count). The van der Waals surface area contributed by atoms with Crippen LogP contribution in [0.1, 0.15) is 12.7 Å². The lowest BCUT2D eigenvalue weighted by Crippen LogP contribution is -2.47. The first kappa shape index (κ1) is 15.4. The maximum atomic E-state index is 12.7. The zero-order valence-corrected chi connectivity index (χ0v) is 13.9. The van der Waals surface area contributed by atoms with Gasteiger partial charge in [-0.15, -0.1) is 4.68 Å². The second-order valence-corrected chi connectivity index (χ2v) is 5.61. The van der Waals surface area contributed by atoms with Crippen LogP contribution < -0.4 is 9.42 Å². The lowest BCUT2D eigenvalue weighted by Gasteiger charge is -2.08. The van der Waals surface area contributed by atoms with E-state index in [9.17, 15) is 4.79 Å². The minimum absolute atomic E-state index is 0.290. The Morgan fingerprint density at radius 2 is 1.96 bits per heavy atom. The molecule has 0 fully saturated rings. The van der Waals surface area contributed by atoms with Gasteiger partial charge in [-0.25, -0.2) is 4.79 Å². The van der Waals surface area contributed by atoms with Crippen LogP contribution in [0.5, 0.6) is 5.75 Å². The van der Waals surface area contributed by atoms with Crippen LogP contribution in [0.15, 0.2) is 54.6 Å². The molecule has 0 N–H and O–H groups in total. The molecule has 0 bridgehead atoms. The predicted octanol–water partition coefficient (Wildman–Crippen LogP) is 2.77. The molecule has 1 aromatic heterocycles. The van der Waals surface area contributed by atoms with Gasteiger partial charge < -0.3 is 9.47 Å². The molecule has 0 atom stereocenters. The SMILES string of the molecule is CCOC(=O)n1c(-c2ccccc2)nc2[n+]1-c1ccccc1OCC2. The highest BCUT2D eigenvalue weighted by Crippen LogP contribution is 2.24. The van der Waals surface area contributed by atoms with Crippen molar-refractivity contribution in [1.82, 2.24) is 9.67 Å². The highest BCUT2D eigenvalue weighted by molar-refractivity contribution is 5.74. The highest BCUT2D eigenvalue weighted by atomic mass is 16.6. The number of aromatic nitrogens is 3. The topological polar surface area (TPSA) is 57.2 Å². The van der Waals surface area contributed by atoms with E-state index in [1.807, 2.05) is 54.6 Å². The summed E-state index contributed by atoms with van der Waals surface area (Å²) in [7, 11) is 0. The fraction of sp³-hybridized carbons (Fsp3) is 0.211. The number of fused-ring (bicyclic) bond motifs is 3. The Morgan fingerprint density at radius 1 is 1.20 bits per heavy atom. The molecular weight excluding hydrogens is 318 g/mol. The van der Waals surface area contributed by atoms with Gasteiger partial charge in [0.1, 0.15) is 6.61 Å². The second-order valence-electron chi connectivity index (χ2n) is 5.61. The van der Waals surface area contributed by atoms with E-state index >= 15 is 0 Å².